The number of nitrogens with zero attached hydrogens (tertiary/aromatic N) is 3. The van der Waals surface area contributed by atoms with E-state index in [0.29, 0.717) is 38.7 Å². The molecule has 0 saturated heterocycles. The van der Waals surface area contributed by atoms with E-state index in [9.17, 15) is 0 Å². The van der Waals surface area contributed by atoms with Crippen LogP contribution in [0.4, 0.5) is 23.1 Å². The molecule has 9 heteroatoms. The minimum absolute atomic E-state index is 0.242. The molecule has 2 aromatic carbocycles. The standard InChI is InChI=1S/C17H15Cl2N5O2/c1-25-10-6-7-14(26-2)13(8-10)21-15-9-20-24-17(22-15)23-16-11(18)4-3-5-12(16)19/h3-9H,1-2H3,(H2,21,22,23,24). The molecule has 1 heterocycles. The molecule has 0 bridgehead atoms. The van der Waals surface area contributed by atoms with E-state index >= 15 is 0 Å². The summed E-state index contributed by atoms with van der Waals surface area (Å²) in [5, 5.41) is 14.9. The molecule has 0 aliphatic carbocycles. The molecule has 1 aromatic heterocycles. The first-order valence-electron chi connectivity index (χ1n) is 7.50. The molecular formula is C17H15Cl2N5O2. The van der Waals surface area contributed by atoms with E-state index in [1.54, 1.807) is 50.6 Å². The van der Waals surface area contributed by atoms with Crippen molar-refractivity contribution in [2.24, 2.45) is 0 Å². The molecule has 134 valence electrons. The number of halogens is 2. The van der Waals surface area contributed by atoms with Gasteiger partial charge in [0.1, 0.15) is 11.5 Å². The van der Waals surface area contributed by atoms with Gasteiger partial charge in [-0.05, 0) is 24.3 Å². The number of aromatic nitrogens is 3. The highest BCUT2D eigenvalue weighted by Gasteiger charge is 2.10. The van der Waals surface area contributed by atoms with Crippen LogP contribution in [0, 0.1) is 0 Å². The van der Waals surface area contributed by atoms with Gasteiger partial charge in [0.05, 0.1) is 41.8 Å². The zero-order valence-corrected chi connectivity index (χ0v) is 15.5. The molecule has 0 aliphatic rings. The average Bonchev–Trinajstić information content (AvgIpc) is 2.65. The van der Waals surface area contributed by atoms with E-state index in [4.69, 9.17) is 32.7 Å². The van der Waals surface area contributed by atoms with Crippen molar-refractivity contribution in [2.75, 3.05) is 24.9 Å². The number of nitrogens with one attached hydrogen (secondary N) is 2. The minimum atomic E-state index is 0.242. The van der Waals surface area contributed by atoms with Gasteiger partial charge in [0, 0.05) is 6.07 Å². The van der Waals surface area contributed by atoms with E-state index < -0.39 is 0 Å². The highest BCUT2D eigenvalue weighted by molar-refractivity contribution is 6.39. The summed E-state index contributed by atoms with van der Waals surface area (Å²) in [7, 11) is 3.17. The molecule has 0 spiro atoms. The molecule has 2 N–H and O–H groups in total. The quantitative estimate of drug-likeness (QED) is 0.630. The van der Waals surface area contributed by atoms with Crippen molar-refractivity contribution in [3.05, 3.63) is 52.6 Å². The van der Waals surface area contributed by atoms with Gasteiger partial charge in [-0.25, -0.2) is 0 Å². The normalized spacial score (nSPS) is 10.3. The molecule has 0 aliphatic heterocycles. The molecular weight excluding hydrogens is 377 g/mol. The maximum Gasteiger partial charge on any atom is 0.249 e. The third kappa shape index (κ3) is 4.07. The summed E-state index contributed by atoms with van der Waals surface area (Å²) in [6, 6.07) is 10.6. The van der Waals surface area contributed by atoms with Crippen LogP contribution >= 0.6 is 23.2 Å². The number of rotatable bonds is 6. The fourth-order valence-electron chi connectivity index (χ4n) is 2.20. The van der Waals surface area contributed by atoms with Crippen LogP contribution in [0.5, 0.6) is 11.5 Å². The third-order valence-corrected chi connectivity index (χ3v) is 4.06. The topological polar surface area (TPSA) is 81.2 Å². The second-order valence-electron chi connectivity index (χ2n) is 5.08. The van der Waals surface area contributed by atoms with Crippen molar-refractivity contribution in [1.82, 2.24) is 15.2 Å². The molecule has 0 amide bonds. The molecule has 7 nitrogen and oxygen atoms in total. The van der Waals surface area contributed by atoms with Crippen LogP contribution in [0.1, 0.15) is 0 Å². The predicted molar refractivity (Wildman–Crippen MR) is 102 cm³/mol. The third-order valence-electron chi connectivity index (χ3n) is 3.43. The summed E-state index contributed by atoms with van der Waals surface area (Å²) >= 11 is 12.3. The lowest BCUT2D eigenvalue weighted by Crippen LogP contribution is -2.04. The van der Waals surface area contributed by atoms with Crippen LogP contribution < -0.4 is 20.1 Å². The van der Waals surface area contributed by atoms with Gasteiger partial charge in [-0.15, -0.1) is 5.10 Å². The van der Waals surface area contributed by atoms with Crippen LogP contribution in [0.15, 0.2) is 42.6 Å². The fourth-order valence-corrected chi connectivity index (χ4v) is 2.69. The van der Waals surface area contributed by atoms with Crippen molar-refractivity contribution in [3.63, 3.8) is 0 Å². The van der Waals surface area contributed by atoms with Crippen molar-refractivity contribution < 1.29 is 9.47 Å². The number of hydrogen-bond acceptors (Lipinski definition) is 7. The van der Waals surface area contributed by atoms with Gasteiger partial charge in [-0.2, -0.15) is 10.1 Å². The fraction of sp³-hybridized carbons (Fsp3) is 0.118. The maximum absolute atomic E-state index is 6.15. The smallest absolute Gasteiger partial charge is 0.249 e. The van der Waals surface area contributed by atoms with Crippen molar-refractivity contribution in [1.29, 1.82) is 0 Å². The lowest BCUT2D eigenvalue weighted by molar-refractivity contribution is 0.405. The number of anilines is 4. The summed E-state index contributed by atoms with van der Waals surface area (Å²) in [5.74, 6) is 2.01. The first-order valence-corrected chi connectivity index (χ1v) is 8.26. The Kier molecular flexibility index (Phi) is 5.60. The Bertz CT molecular complexity index is 903. The second kappa shape index (κ2) is 8.07. The average molecular weight is 392 g/mol. The van der Waals surface area contributed by atoms with Gasteiger partial charge in [0.15, 0.2) is 5.82 Å². The van der Waals surface area contributed by atoms with Crippen molar-refractivity contribution in [2.45, 2.75) is 0 Å². The Morgan fingerprint density at radius 1 is 0.962 bits per heavy atom. The molecule has 0 fully saturated rings. The summed E-state index contributed by atoms with van der Waals surface area (Å²) in [6.07, 6.45) is 1.48. The van der Waals surface area contributed by atoms with E-state index in [2.05, 4.69) is 25.8 Å². The number of methoxy groups -OCH3 is 2. The van der Waals surface area contributed by atoms with E-state index in [0.717, 1.165) is 0 Å². The lowest BCUT2D eigenvalue weighted by atomic mass is 10.2. The monoisotopic (exact) mass is 391 g/mol. The Morgan fingerprint density at radius 3 is 2.42 bits per heavy atom. The summed E-state index contributed by atoms with van der Waals surface area (Å²) in [6.45, 7) is 0. The van der Waals surface area contributed by atoms with E-state index in [1.165, 1.54) is 6.20 Å². The molecule has 0 radical (unpaired) electrons. The Balaban J connectivity index is 1.86. The summed E-state index contributed by atoms with van der Waals surface area (Å²) in [4.78, 5) is 4.37. The summed E-state index contributed by atoms with van der Waals surface area (Å²) in [5.41, 5.74) is 1.18. The Hall–Kier alpha value is -2.77. The lowest BCUT2D eigenvalue weighted by Gasteiger charge is -2.13. The maximum atomic E-state index is 6.15. The van der Waals surface area contributed by atoms with Gasteiger partial charge in [-0.1, -0.05) is 29.3 Å². The first kappa shape index (κ1) is 18.0. The minimum Gasteiger partial charge on any atom is -0.497 e. The molecule has 3 aromatic rings. The van der Waals surface area contributed by atoms with Crippen LogP contribution in [0.25, 0.3) is 0 Å². The summed E-state index contributed by atoms with van der Waals surface area (Å²) < 4.78 is 10.6. The van der Waals surface area contributed by atoms with Gasteiger partial charge >= 0.3 is 0 Å². The van der Waals surface area contributed by atoms with Gasteiger partial charge in [-0.3, -0.25) is 0 Å². The molecule has 3 rings (SSSR count). The number of para-hydroxylation sites is 1. The molecule has 0 unspecified atom stereocenters. The van der Waals surface area contributed by atoms with Crippen LogP contribution in [-0.4, -0.2) is 29.4 Å². The number of ether oxygens (including phenoxy) is 2. The van der Waals surface area contributed by atoms with Crippen LogP contribution in [0.3, 0.4) is 0 Å². The van der Waals surface area contributed by atoms with Crippen molar-refractivity contribution in [3.8, 4) is 11.5 Å². The number of hydrogen-bond donors (Lipinski definition) is 2. The molecule has 26 heavy (non-hydrogen) atoms. The van der Waals surface area contributed by atoms with E-state index in [1.807, 2.05) is 0 Å². The predicted octanol–water partition coefficient (Wildman–Crippen LogP) is 4.68. The highest BCUT2D eigenvalue weighted by atomic mass is 35.5. The molecule has 0 saturated carbocycles. The van der Waals surface area contributed by atoms with Crippen molar-refractivity contribution >= 4 is 46.3 Å². The SMILES string of the molecule is COc1ccc(OC)c(Nc2cnnc(Nc3c(Cl)cccc3Cl)n2)c1. The Morgan fingerprint density at radius 2 is 1.73 bits per heavy atom. The largest absolute Gasteiger partial charge is 0.497 e. The van der Waals surface area contributed by atoms with Crippen LogP contribution in [-0.2, 0) is 0 Å². The zero-order valence-electron chi connectivity index (χ0n) is 14.0. The Labute approximate surface area is 160 Å². The second-order valence-corrected chi connectivity index (χ2v) is 5.89. The van der Waals surface area contributed by atoms with Gasteiger partial charge in [0.2, 0.25) is 5.95 Å². The van der Waals surface area contributed by atoms with Gasteiger partial charge in [0.25, 0.3) is 0 Å². The highest BCUT2D eigenvalue weighted by Crippen LogP contribution is 2.33. The van der Waals surface area contributed by atoms with Crippen LogP contribution in [0.2, 0.25) is 10.0 Å². The zero-order chi connectivity index (χ0) is 18.5. The first-order chi connectivity index (χ1) is 12.6. The number of benzene rings is 2. The van der Waals surface area contributed by atoms with E-state index in [-0.39, 0.29) is 5.95 Å². The molecule has 0 atom stereocenters. The van der Waals surface area contributed by atoms with Gasteiger partial charge < -0.3 is 20.1 Å².